The van der Waals surface area contributed by atoms with Gasteiger partial charge in [0.25, 0.3) is 0 Å². The number of alkyl halides is 2. The van der Waals surface area contributed by atoms with Gasteiger partial charge in [-0.1, -0.05) is 12.1 Å². The van der Waals surface area contributed by atoms with Crippen LogP contribution in [0.4, 0.5) is 8.78 Å². The Morgan fingerprint density at radius 3 is 2.40 bits per heavy atom. The van der Waals surface area contributed by atoms with E-state index in [1.165, 1.54) is 12.0 Å². The highest BCUT2D eigenvalue weighted by atomic mass is 35.5. The number of halogens is 3. The minimum atomic E-state index is -2.77. The molecule has 1 atom stereocenters. The van der Waals surface area contributed by atoms with Crippen LogP contribution in [0.2, 0.25) is 0 Å². The first kappa shape index (κ1) is 20.4. The maximum Gasteiger partial charge on any atom is 0.387 e. The molecule has 0 bridgehead atoms. The molecule has 2 aliphatic rings. The van der Waals surface area contributed by atoms with Crippen LogP contribution in [0, 0.1) is 13.8 Å². The van der Waals surface area contributed by atoms with Gasteiger partial charge in [0, 0.05) is 51.9 Å². The fourth-order valence-electron chi connectivity index (χ4n) is 3.97. The smallest absolute Gasteiger partial charge is 0.387 e. The lowest BCUT2D eigenvalue weighted by atomic mass is 10.1. The molecule has 1 aromatic rings. The number of aryl methyl sites for hydroxylation is 2. The number of nitrogens with zero attached hydrogens (tertiary/aromatic N) is 2. The molecule has 0 aliphatic carbocycles. The molecule has 7 heteroatoms. The number of benzene rings is 1. The lowest BCUT2D eigenvalue weighted by molar-refractivity contribution is -0.0507. The molecule has 0 aromatic heterocycles. The van der Waals surface area contributed by atoms with E-state index in [4.69, 9.17) is 0 Å². The summed E-state index contributed by atoms with van der Waals surface area (Å²) in [6.45, 7) is 8.40. The first-order valence-electron chi connectivity index (χ1n) is 8.75. The molecule has 0 saturated carbocycles. The number of likely N-dealkylation sites (tertiary alicyclic amines) is 1. The zero-order valence-corrected chi connectivity index (χ0v) is 15.7. The van der Waals surface area contributed by atoms with Gasteiger partial charge in [0.15, 0.2) is 0 Å². The average molecular weight is 376 g/mol. The van der Waals surface area contributed by atoms with Gasteiger partial charge in [-0.25, -0.2) is 0 Å². The van der Waals surface area contributed by atoms with E-state index in [1.54, 1.807) is 0 Å². The summed E-state index contributed by atoms with van der Waals surface area (Å²) in [4.78, 5) is 5.06. The van der Waals surface area contributed by atoms with E-state index in [0.29, 0.717) is 11.8 Å². The van der Waals surface area contributed by atoms with E-state index in [9.17, 15) is 8.78 Å². The molecule has 2 fully saturated rings. The summed E-state index contributed by atoms with van der Waals surface area (Å²) in [6.07, 6.45) is 1.21. The van der Waals surface area contributed by atoms with Crippen molar-refractivity contribution in [3.05, 3.63) is 28.8 Å². The highest BCUT2D eigenvalue weighted by Gasteiger charge is 2.28. The number of nitrogens with one attached hydrogen (secondary N) is 1. The first-order valence-corrected chi connectivity index (χ1v) is 8.75. The Labute approximate surface area is 154 Å². The monoisotopic (exact) mass is 375 g/mol. The Morgan fingerprint density at radius 2 is 1.80 bits per heavy atom. The normalized spacial score (nSPS) is 22.2. The molecule has 3 rings (SSSR count). The van der Waals surface area contributed by atoms with E-state index in [0.717, 1.165) is 56.9 Å². The van der Waals surface area contributed by atoms with Crippen molar-refractivity contribution in [1.29, 1.82) is 0 Å². The molecule has 0 spiro atoms. The maximum atomic E-state index is 12.5. The molecule has 2 aliphatic heterocycles. The van der Waals surface area contributed by atoms with Gasteiger partial charge in [0.2, 0.25) is 0 Å². The quantitative estimate of drug-likeness (QED) is 0.856. The first-order chi connectivity index (χ1) is 11.5. The molecule has 142 valence electrons. The van der Waals surface area contributed by atoms with Gasteiger partial charge < -0.3 is 10.1 Å². The van der Waals surface area contributed by atoms with Crippen LogP contribution in [0.25, 0.3) is 0 Å². The summed E-state index contributed by atoms with van der Waals surface area (Å²) in [6, 6.07) is 4.60. The molecule has 1 unspecified atom stereocenters. The minimum Gasteiger partial charge on any atom is -0.434 e. The van der Waals surface area contributed by atoms with Crippen molar-refractivity contribution < 1.29 is 13.5 Å². The van der Waals surface area contributed by atoms with E-state index in [1.807, 2.05) is 26.0 Å². The Bertz CT molecular complexity index is 544. The minimum absolute atomic E-state index is 0. The molecule has 1 N–H and O–H groups in total. The number of rotatable bonds is 5. The second kappa shape index (κ2) is 9.12. The van der Waals surface area contributed by atoms with Crippen LogP contribution in [0.1, 0.15) is 23.1 Å². The SMILES string of the molecule is Cc1cc(CN2CCC(N3CCNCC3)C2)cc(C)c1OC(F)F.Cl. The van der Waals surface area contributed by atoms with Crippen LogP contribution in [0.3, 0.4) is 0 Å². The highest BCUT2D eigenvalue weighted by Crippen LogP contribution is 2.28. The van der Waals surface area contributed by atoms with Crippen molar-refractivity contribution >= 4 is 12.4 Å². The Balaban J connectivity index is 0.00000225. The van der Waals surface area contributed by atoms with Gasteiger partial charge in [-0.3, -0.25) is 9.80 Å². The Morgan fingerprint density at radius 1 is 1.16 bits per heavy atom. The van der Waals surface area contributed by atoms with Gasteiger partial charge in [0.1, 0.15) is 5.75 Å². The van der Waals surface area contributed by atoms with Crippen molar-refractivity contribution in [1.82, 2.24) is 15.1 Å². The van der Waals surface area contributed by atoms with Gasteiger partial charge in [0.05, 0.1) is 0 Å². The molecular weight excluding hydrogens is 348 g/mol. The molecular formula is C18H28ClF2N3O. The third-order valence-electron chi connectivity index (χ3n) is 5.05. The average Bonchev–Trinajstić information content (AvgIpc) is 3.00. The van der Waals surface area contributed by atoms with Crippen molar-refractivity contribution in [2.45, 2.75) is 39.5 Å². The zero-order chi connectivity index (χ0) is 17.1. The summed E-state index contributed by atoms with van der Waals surface area (Å²) in [5, 5.41) is 3.40. The van der Waals surface area contributed by atoms with Crippen LogP contribution in [0.5, 0.6) is 5.75 Å². The fourth-order valence-corrected chi connectivity index (χ4v) is 3.97. The van der Waals surface area contributed by atoms with Crippen molar-refractivity contribution in [3.63, 3.8) is 0 Å². The predicted octanol–water partition coefficient (Wildman–Crippen LogP) is 2.81. The summed E-state index contributed by atoms with van der Waals surface area (Å²) < 4.78 is 29.6. The van der Waals surface area contributed by atoms with Gasteiger partial charge in [-0.2, -0.15) is 8.78 Å². The summed E-state index contributed by atoms with van der Waals surface area (Å²) >= 11 is 0. The van der Waals surface area contributed by atoms with Gasteiger partial charge >= 0.3 is 6.61 Å². The van der Waals surface area contributed by atoms with E-state index in [2.05, 4.69) is 19.9 Å². The molecule has 25 heavy (non-hydrogen) atoms. The predicted molar refractivity (Wildman–Crippen MR) is 97.9 cm³/mol. The second-order valence-electron chi connectivity index (χ2n) is 6.90. The lowest BCUT2D eigenvalue weighted by Crippen LogP contribution is -2.49. The number of hydrogen-bond acceptors (Lipinski definition) is 4. The lowest BCUT2D eigenvalue weighted by Gasteiger charge is -2.32. The Hall–Kier alpha value is -0.950. The molecule has 1 aromatic carbocycles. The van der Waals surface area contributed by atoms with Gasteiger partial charge in [-0.05, 0) is 37.0 Å². The van der Waals surface area contributed by atoms with E-state index in [-0.39, 0.29) is 12.4 Å². The summed E-state index contributed by atoms with van der Waals surface area (Å²) in [7, 11) is 0. The van der Waals surface area contributed by atoms with E-state index < -0.39 is 6.61 Å². The van der Waals surface area contributed by atoms with Crippen LogP contribution in [0.15, 0.2) is 12.1 Å². The third-order valence-corrected chi connectivity index (χ3v) is 5.05. The molecule has 2 heterocycles. The van der Waals surface area contributed by atoms with E-state index >= 15 is 0 Å². The number of piperazine rings is 1. The molecule has 0 radical (unpaired) electrons. The van der Waals surface area contributed by atoms with Crippen LogP contribution in [-0.2, 0) is 6.54 Å². The topological polar surface area (TPSA) is 27.7 Å². The largest absolute Gasteiger partial charge is 0.434 e. The molecule has 2 saturated heterocycles. The van der Waals surface area contributed by atoms with Crippen LogP contribution >= 0.6 is 12.4 Å². The standard InChI is InChI=1S/C18H27F2N3O.ClH/c1-13-9-15(10-14(2)17(13)24-18(19)20)11-22-6-3-16(12-22)23-7-4-21-5-8-23;/h9-10,16,18,21H,3-8,11-12H2,1-2H3;1H. The zero-order valence-electron chi connectivity index (χ0n) is 14.9. The van der Waals surface area contributed by atoms with Crippen molar-refractivity contribution in [2.24, 2.45) is 0 Å². The van der Waals surface area contributed by atoms with Crippen LogP contribution in [-0.4, -0.2) is 61.7 Å². The highest BCUT2D eigenvalue weighted by molar-refractivity contribution is 5.85. The van der Waals surface area contributed by atoms with Crippen molar-refractivity contribution in [3.8, 4) is 5.75 Å². The molecule has 4 nitrogen and oxygen atoms in total. The summed E-state index contributed by atoms with van der Waals surface area (Å²) in [5.74, 6) is 0.314. The summed E-state index contributed by atoms with van der Waals surface area (Å²) in [5.41, 5.74) is 2.74. The fraction of sp³-hybridized carbons (Fsp3) is 0.667. The van der Waals surface area contributed by atoms with Gasteiger partial charge in [-0.15, -0.1) is 12.4 Å². The molecule has 0 amide bonds. The Kier molecular flexibility index (Phi) is 7.43. The third kappa shape index (κ3) is 5.26. The van der Waals surface area contributed by atoms with Crippen LogP contribution < -0.4 is 10.1 Å². The number of hydrogen-bond donors (Lipinski definition) is 1. The number of ether oxygens (including phenoxy) is 1. The second-order valence-corrected chi connectivity index (χ2v) is 6.90. The maximum absolute atomic E-state index is 12.5. The van der Waals surface area contributed by atoms with Crippen molar-refractivity contribution in [2.75, 3.05) is 39.3 Å².